The summed E-state index contributed by atoms with van der Waals surface area (Å²) in [5, 5.41) is 18.1. The fourth-order valence-corrected chi connectivity index (χ4v) is 3.10. The number of carbonyl (C=O) groups is 1. The first-order valence-corrected chi connectivity index (χ1v) is 5.21. The first-order valence-electron chi connectivity index (χ1n) is 5.21. The summed E-state index contributed by atoms with van der Waals surface area (Å²) < 4.78 is 0. The molecule has 2 rings (SSSR count). The van der Waals surface area contributed by atoms with Crippen LogP contribution in [0.15, 0.2) is 0 Å². The molecule has 1 saturated heterocycles. The van der Waals surface area contributed by atoms with E-state index in [-0.39, 0.29) is 18.6 Å². The second kappa shape index (κ2) is 3.51. The van der Waals surface area contributed by atoms with Crippen LogP contribution in [0, 0.1) is 11.3 Å². The zero-order valence-electron chi connectivity index (χ0n) is 8.28. The Morgan fingerprint density at radius 2 is 2.36 bits per heavy atom. The average molecular weight is 199 g/mol. The maximum atomic E-state index is 10.6. The predicted molar refractivity (Wildman–Crippen MR) is 50.9 cm³/mol. The van der Waals surface area contributed by atoms with Crippen LogP contribution in [0.5, 0.6) is 0 Å². The minimum Gasteiger partial charge on any atom is -0.480 e. The van der Waals surface area contributed by atoms with Gasteiger partial charge in [0.15, 0.2) is 0 Å². The van der Waals surface area contributed by atoms with Crippen LogP contribution < -0.4 is 0 Å². The number of rotatable bonds is 3. The molecule has 1 saturated carbocycles. The Morgan fingerprint density at radius 1 is 1.57 bits per heavy atom. The van der Waals surface area contributed by atoms with Crippen molar-refractivity contribution in [2.24, 2.45) is 11.3 Å². The number of nitrogens with zero attached hydrogens (tertiary/aromatic N) is 1. The lowest BCUT2D eigenvalue weighted by Crippen LogP contribution is -2.33. The van der Waals surface area contributed by atoms with Gasteiger partial charge >= 0.3 is 5.97 Å². The van der Waals surface area contributed by atoms with E-state index in [4.69, 9.17) is 5.11 Å². The third-order valence-electron chi connectivity index (χ3n) is 3.78. The van der Waals surface area contributed by atoms with Crippen LogP contribution in [0.2, 0.25) is 0 Å². The molecule has 2 N–H and O–H groups in total. The van der Waals surface area contributed by atoms with Crippen molar-refractivity contribution >= 4 is 5.97 Å². The van der Waals surface area contributed by atoms with E-state index < -0.39 is 5.97 Å². The monoisotopic (exact) mass is 199 g/mol. The van der Waals surface area contributed by atoms with Gasteiger partial charge in [-0.25, -0.2) is 0 Å². The quantitative estimate of drug-likeness (QED) is 0.680. The fourth-order valence-electron chi connectivity index (χ4n) is 3.10. The Labute approximate surface area is 83.5 Å². The third-order valence-corrected chi connectivity index (χ3v) is 3.78. The predicted octanol–water partition coefficient (Wildman–Crippen LogP) is 0.165. The van der Waals surface area contributed by atoms with E-state index in [0.29, 0.717) is 5.92 Å². The summed E-state index contributed by atoms with van der Waals surface area (Å²) in [7, 11) is 0. The lowest BCUT2D eigenvalue weighted by atomic mass is 9.82. The Morgan fingerprint density at radius 3 is 2.93 bits per heavy atom. The van der Waals surface area contributed by atoms with Gasteiger partial charge in [0.25, 0.3) is 0 Å². The molecule has 0 aromatic rings. The molecule has 0 spiro atoms. The van der Waals surface area contributed by atoms with Gasteiger partial charge in [-0.2, -0.15) is 0 Å². The van der Waals surface area contributed by atoms with Gasteiger partial charge in [-0.05, 0) is 18.8 Å². The first kappa shape index (κ1) is 9.93. The molecule has 0 radical (unpaired) electrons. The molecule has 14 heavy (non-hydrogen) atoms. The molecule has 2 fully saturated rings. The normalized spacial score (nSPS) is 37.4. The van der Waals surface area contributed by atoms with Gasteiger partial charge in [0.2, 0.25) is 0 Å². The summed E-state index contributed by atoms with van der Waals surface area (Å²) in [5.74, 6) is -0.245. The summed E-state index contributed by atoms with van der Waals surface area (Å²) in [6, 6.07) is 0. The van der Waals surface area contributed by atoms with Crippen LogP contribution in [0.3, 0.4) is 0 Å². The number of aliphatic carboxylic acids is 1. The zero-order chi connectivity index (χ0) is 10.2. The van der Waals surface area contributed by atoms with Crippen molar-refractivity contribution in [2.75, 3.05) is 26.2 Å². The van der Waals surface area contributed by atoms with Crippen molar-refractivity contribution in [1.29, 1.82) is 0 Å². The molecule has 1 heterocycles. The third kappa shape index (κ3) is 1.53. The topological polar surface area (TPSA) is 60.8 Å². The van der Waals surface area contributed by atoms with E-state index in [1.165, 1.54) is 6.42 Å². The number of aliphatic hydroxyl groups excluding tert-OH is 1. The highest BCUT2D eigenvalue weighted by Gasteiger charge is 2.48. The highest BCUT2D eigenvalue weighted by Crippen LogP contribution is 2.48. The fraction of sp³-hybridized carbons (Fsp3) is 0.900. The molecule has 1 aliphatic heterocycles. The van der Waals surface area contributed by atoms with Gasteiger partial charge in [-0.15, -0.1) is 0 Å². The Kier molecular flexibility index (Phi) is 2.49. The maximum Gasteiger partial charge on any atom is 0.317 e. The molecule has 2 atom stereocenters. The number of likely N-dealkylation sites (tertiary alicyclic amines) is 1. The number of fused-ring (bicyclic) bond motifs is 1. The van der Waals surface area contributed by atoms with Crippen molar-refractivity contribution in [2.45, 2.75) is 19.3 Å². The van der Waals surface area contributed by atoms with Crippen LogP contribution in [-0.2, 0) is 4.79 Å². The van der Waals surface area contributed by atoms with Crippen molar-refractivity contribution in [3.05, 3.63) is 0 Å². The van der Waals surface area contributed by atoms with E-state index in [2.05, 4.69) is 0 Å². The van der Waals surface area contributed by atoms with E-state index >= 15 is 0 Å². The van der Waals surface area contributed by atoms with Crippen molar-refractivity contribution < 1.29 is 15.0 Å². The summed E-state index contributed by atoms with van der Waals surface area (Å²) in [6.07, 6.45) is 3.40. The standard InChI is InChI=1S/C10H17NO3/c12-7-10-3-1-2-8(10)4-11(6-10)5-9(13)14/h8,12H,1-7H2,(H,13,14)/t8-,10-/m0/s1. The molecule has 4 nitrogen and oxygen atoms in total. The van der Waals surface area contributed by atoms with E-state index in [1.54, 1.807) is 0 Å². The highest BCUT2D eigenvalue weighted by atomic mass is 16.4. The number of aliphatic hydroxyl groups is 1. The minimum atomic E-state index is -0.766. The van der Waals surface area contributed by atoms with Crippen LogP contribution in [0.4, 0.5) is 0 Å². The van der Waals surface area contributed by atoms with Gasteiger partial charge in [0.05, 0.1) is 13.2 Å². The van der Waals surface area contributed by atoms with Crippen molar-refractivity contribution in [1.82, 2.24) is 4.90 Å². The number of hydrogen-bond acceptors (Lipinski definition) is 3. The number of carboxylic acids is 1. The van der Waals surface area contributed by atoms with Crippen molar-refractivity contribution in [3.8, 4) is 0 Å². The molecule has 2 aliphatic rings. The second-order valence-electron chi connectivity index (χ2n) is 4.67. The van der Waals surface area contributed by atoms with Crippen LogP contribution in [-0.4, -0.2) is 47.3 Å². The molecule has 0 unspecified atom stereocenters. The number of carboxylic acid groups (broad SMARTS) is 1. The van der Waals surface area contributed by atoms with Gasteiger partial charge < -0.3 is 10.2 Å². The van der Waals surface area contributed by atoms with E-state index in [9.17, 15) is 9.90 Å². The summed E-state index contributed by atoms with van der Waals surface area (Å²) in [5.41, 5.74) is 0.0233. The summed E-state index contributed by atoms with van der Waals surface area (Å²) in [6.45, 7) is 1.96. The van der Waals surface area contributed by atoms with Crippen LogP contribution >= 0.6 is 0 Å². The van der Waals surface area contributed by atoms with Crippen molar-refractivity contribution in [3.63, 3.8) is 0 Å². The van der Waals surface area contributed by atoms with Gasteiger partial charge in [-0.3, -0.25) is 9.69 Å². The molecule has 0 bridgehead atoms. The average Bonchev–Trinajstić information content (AvgIpc) is 2.59. The van der Waals surface area contributed by atoms with Crippen LogP contribution in [0.25, 0.3) is 0 Å². The zero-order valence-corrected chi connectivity index (χ0v) is 8.28. The highest BCUT2D eigenvalue weighted by molar-refractivity contribution is 5.69. The second-order valence-corrected chi connectivity index (χ2v) is 4.67. The minimum absolute atomic E-state index is 0.0233. The summed E-state index contributed by atoms with van der Waals surface area (Å²) in [4.78, 5) is 12.5. The molecular formula is C10H17NO3. The van der Waals surface area contributed by atoms with E-state index in [0.717, 1.165) is 25.9 Å². The largest absolute Gasteiger partial charge is 0.480 e. The molecular weight excluding hydrogens is 182 g/mol. The lowest BCUT2D eigenvalue weighted by molar-refractivity contribution is -0.138. The molecule has 0 aromatic heterocycles. The maximum absolute atomic E-state index is 10.6. The Hall–Kier alpha value is -0.610. The van der Waals surface area contributed by atoms with Gasteiger partial charge in [0, 0.05) is 18.5 Å². The van der Waals surface area contributed by atoms with Gasteiger partial charge in [0.1, 0.15) is 0 Å². The van der Waals surface area contributed by atoms with Crippen LogP contribution in [0.1, 0.15) is 19.3 Å². The molecule has 0 aromatic carbocycles. The first-order chi connectivity index (χ1) is 6.66. The molecule has 0 amide bonds. The molecule has 80 valence electrons. The lowest BCUT2D eigenvalue weighted by Gasteiger charge is -2.25. The summed E-state index contributed by atoms with van der Waals surface area (Å²) >= 11 is 0. The Balaban J connectivity index is 2.01. The Bertz CT molecular complexity index is 244. The van der Waals surface area contributed by atoms with E-state index in [1.807, 2.05) is 4.90 Å². The number of hydrogen-bond donors (Lipinski definition) is 2. The van der Waals surface area contributed by atoms with Gasteiger partial charge in [-0.1, -0.05) is 6.42 Å². The molecule has 4 heteroatoms. The SMILES string of the molecule is O=C(O)CN1C[C@@H]2CCC[C@@]2(CO)C1. The smallest absolute Gasteiger partial charge is 0.317 e. The molecule has 1 aliphatic carbocycles.